The Hall–Kier alpha value is -3.87. The first-order valence-corrected chi connectivity index (χ1v) is 9.02. The molecule has 0 amide bonds. The number of hydrogen-bond donors (Lipinski definition) is 4. The van der Waals surface area contributed by atoms with E-state index in [9.17, 15) is 4.79 Å². The lowest BCUT2D eigenvalue weighted by Crippen LogP contribution is -2.16. The first kappa shape index (κ1) is 19.9. The van der Waals surface area contributed by atoms with Gasteiger partial charge in [0.05, 0.1) is 28.6 Å². The minimum Gasteiger partial charge on any atom is -0.491 e. The fraction of sp³-hybridized carbons (Fsp3) is 0.136. The van der Waals surface area contributed by atoms with Crippen LogP contribution < -0.4 is 16.2 Å². The molecule has 0 saturated carbocycles. The Kier molecular flexibility index (Phi) is 5.50. The van der Waals surface area contributed by atoms with E-state index < -0.39 is 5.97 Å². The van der Waals surface area contributed by atoms with Gasteiger partial charge in [0.15, 0.2) is 0 Å². The molecule has 7 nitrogen and oxygen atoms in total. The zero-order chi connectivity index (χ0) is 21.1. The van der Waals surface area contributed by atoms with Crippen molar-refractivity contribution in [3.63, 3.8) is 0 Å². The van der Waals surface area contributed by atoms with Crippen molar-refractivity contribution in [2.75, 3.05) is 5.73 Å². The maximum atomic E-state index is 11.1. The van der Waals surface area contributed by atoms with Crippen molar-refractivity contribution in [3.05, 3.63) is 65.7 Å². The van der Waals surface area contributed by atoms with E-state index in [4.69, 9.17) is 26.7 Å². The number of nitrogens with zero attached hydrogens (tertiary/aromatic N) is 1. The Labute approximate surface area is 168 Å². The lowest BCUT2D eigenvalue weighted by Gasteiger charge is -2.15. The van der Waals surface area contributed by atoms with Gasteiger partial charge in [0, 0.05) is 16.8 Å². The predicted octanol–water partition coefficient (Wildman–Crippen LogP) is 3.77. The van der Waals surface area contributed by atoms with Crippen LogP contribution in [0.3, 0.4) is 0 Å². The zero-order valence-electron chi connectivity index (χ0n) is 16.1. The molecule has 3 rings (SSSR count). The monoisotopic (exact) mass is 390 g/mol. The number of anilines is 1. The lowest BCUT2D eigenvalue weighted by molar-refractivity contribution is 0.0697. The third kappa shape index (κ3) is 4.35. The molecule has 0 unspecified atom stereocenters. The average molecular weight is 390 g/mol. The number of carboxylic acids is 1. The van der Waals surface area contributed by atoms with E-state index in [0.717, 1.165) is 11.3 Å². The van der Waals surface area contributed by atoms with E-state index in [1.807, 2.05) is 38.1 Å². The molecular weight excluding hydrogens is 368 g/mol. The van der Waals surface area contributed by atoms with E-state index in [-0.39, 0.29) is 17.5 Å². The second-order valence-electron chi connectivity index (χ2n) is 6.81. The topological polar surface area (TPSA) is 135 Å². The van der Waals surface area contributed by atoms with Gasteiger partial charge in [-0.05, 0) is 56.3 Å². The predicted molar refractivity (Wildman–Crippen MR) is 113 cm³/mol. The summed E-state index contributed by atoms with van der Waals surface area (Å²) in [4.78, 5) is 15.7. The van der Waals surface area contributed by atoms with Crippen molar-refractivity contribution in [1.82, 2.24) is 4.98 Å². The molecular formula is C22H22N4O3. The quantitative estimate of drug-likeness (QED) is 0.374. The van der Waals surface area contributed by atoms with E-state index in [1.165, 1.54) is 12.1 Å². The number of hydrogen-bond acceptors (Lipinski definition) is 5. The molecule has 148 valence electrons. The average Bonchev–Trinajstić information content (AvgIpc) is 2.67. The molecule has 29 heavy (non-hydrogen) atoms. The van der Waals surface area contributed by atoms with Crippen LogP contribution in [-0.4, -0.2) is 28.0 Å². The number of aromatic nitrogens is 1. The molecule has 3 aromatic rings. The number of rotatable bonds is 6. The molecule has 1 heterocycles. The molecule has 6 N–H and O–H groups in total. The van der Waals surface area contributed by atoms with Crippen LogP contribution in [0.25, 0.3) is 22.5 Å². The maximum Gasteiger partial charge on any atom is 0.335 e. The summed E-state index contributed by atoms with van der Waals surface area (Å²) in [6.45, 7) is 3.90. The molecule has 0 aliphatic heterocycles. The van der Waals surface area contributed by atoms with E-state index in [2.05, 4.69) is 4.98 Å². The van der Waals surface area contributed by atoms with Crippen LogP contribution in [0.5, 0.6) is 5.75 Å². The second-order valence-corrected chi connectivity index (χ2v) is 6.81. The maximum absolute atomic E-state index is 11.1. The van der Waals surface area contributed by atoms with Gasteiger partial charge in [-0.15, -0.1) is 0 Å². The summed E-state index contributed by atoms with van der Waals surface area (Å²) in [5.74, 6) is -0.456. The van der Waals surface area contributed by atoms with Gasteiger partial charge in [-0.2, -0.15) is 0 Å². The highest BCUT2D eigenvalue weighted by Gasteiger charge is 2.16. The van der Waals surface area contributed by atoms with Crippen LogP contribution in [0.4, 0.5) is 5.69 Å². The number of nitrogens with one attached hydrogen (secondary N) is 1. The highest BCUT2D eigenvalue weighted by atomic mass is 16.5. The number of carbonyl (C=O) groups is 1. The Balaban J connectivity index is 2.09. The Morgan fingerprint density at radius 2 is 1.66 bits per heavy atom. The number of nitrogens with two attached hydrogens (primary N) is 2. The summed E-state index contributed by atoms with van der Waals surface area (Å²) in [6.07, 6.45) is 0.0551. The molecule has 0 aliphatic rings. The van der Waals surface area contributed by atoms with Gasteiger partial charge in [0.2, 0.25) is 0 Å². The fourth-order valence-corrected chi connectivity index (χ4v) is 2.95. The van der Waals surface area contributed by atoms with Crippen molar-refractivity contribution < 1.29 is 14.6 Å². The standard InChI is InChI=1S/C22H22N4O3/c1-12(2)29-16-9-7-14(8-10-16)20-19(21(24)25)17(23)11-18(26-20)13-3-5-15(6-4-13)22(27)28/h3-12H,1-2H3,(H2,23,26)(H3,24,25)(H,27,28). The van der Waals surface area contributed by atoms with Gasteiger partial charge in [-0.3, -0.25) is 5.41 Å². The molecule has 2 aromatic carbocycles. The molecule has 7 heteroatoms. The molecule has 1 aromatic heterocycles. The van der Waals surface area contributed by atoms with Crippen molar-refractivity contribution in [2.45, 2.75) is 20.0 Å². The summed E-state index contributed by atoms with van der Waals surface area (Å²) < 4.78 is 5.67. The van der Waals surface area contributed by atoms with Crippen LogP contribution >= 0.6 is 0 Å². The van der Waals surface area contributed by atoms with Crippen LogP contribution in [-0.2, 0) is 0 Å². The van der Waals surface area contributed by atoms with Crippen molar-refractivity contribution in [1.29, 1.82) is 5.41 Å². The largest absolute Gasteiger partial charge is 0.491 e. The van der Waals surface area contributed by atoms with Crippen molar-refractivity contribution >= 4 is 17.5 Å². The number of pyridine rings is 1. The molecule has 0 fully saturated rings. The summed E-state index contributed by atoms with van der Waals surface area (Å²) in [7, 11) is 0. The smallest absolute Gasteiger partial charge is 0.335 e. The van der Waals surface area contributed by atoms with Crippen molar-refractivity contribution in [2.24, 2.45) is 5.73 Å². The number of benzene rings is 2. The Bertz CT molecular complexity index is 1060. The molecule has 0 spiro atoms. The number of aromatic carboxylic acids is 1. The van der Waals surface area contributed by atoms with Gasteiger partial charge in [-0.1, -0.05) is 12.1 Å². The SMILES string of the molecule is CC(C)Oc1ccc(-c2nc(-c3ccc(C(=O)O)cc3)cc(N)c2C(=N)N)cc1. The Morgan fingerprint density at radius 1 is 1.07 bits per heavy atom. The van der Waals surface area contributed by atoms with Gasteiger partial charge < -0.3 is 21.3 Å². The Morgan fingerprint density at radius 3 is 2.17 bits per heavy atom. The van der Waals surface area contributed by atoms with Gasteiger partial charge in [-0.25, -0.2) is 9.78 Å². The van der Waals surface area contributed by atoms with Crippen LogP contribution in [0, 0.1) is 5.41 Å². The third-order valence-corrected chi connectivity index (χ3v) is 4.25. The zero-order valence-corrected chi connectivity index (χ0v) is 16.1. The van der Waals surface area contributed by atoms with Crippen LogP contribution in [0.1, 0.15) is 29.8 Å². The molecule has 0 saturated heterocycles. The van der Waals surface area contributed by atoms with Gasteiger partial charge in [0.25, 0.3) is 0 Å². The van der Waals surface area contributed by atoms with E-state index in [0.29, 0.717) is 28.2 Å². The minimum atomic E-state index is -1.000. The van der Waals surface area contributed by atoms with Crippen LogP contribution in [0.2, 0.25) is 0 Å². The number of ether oxygens (including phenoxy) is 1. The number of carboxylic acid groups (broad SMARTS) is 1. The molecule has 0 bridgehead atoms. The minimum absolute atomic E-state index is 0.0551. The first-order chi connectivity index (χ1) is 13.8. The first-order valence-electron chi connectivity index (χ1n) is 9.02. The summed E-state index contributed by atoms with van der Waals surface area (Å²) in [5, 5.41) is 17.0. The summed E-state index contributed by atoms with van der Waals surface area (Å²) in [5.41, 5.74) is 15.3. The molecule has 0 atom stereocenters. The highest BCUT2D eigenvalue weighted by Crippen LogP contribution is 2.31. The second kappa shape index (κ2) is 8.02. The fourth-order valence-electron chi connectivity index (χ4n) is 2.95. The van der Waals surface area contributed by atoms with Crippen molar-refractivity contribution in [3.8, 4) is 28.3 Å². The lowest BCUT2D eigenvalue weighted by atomic mass is 10.00. The molecule has 0 radical (unpaired) electrons. The third-order valence-electron chi connectivity index (χ3n) is 4.25. The van der Waals surface area contributed by atoms with Gasteiger partial charge in [0.1, 0.15) is 11.6 Å². The normalized spacial score (nSPS) is 10.7. The number of nitrogen functional groups attached to an aromatic ring is 2. The highest BCUT2D eigenvalue weighted by molar-refractivity contribution is 6.05. The summed E-state index contributed by atoms with van der Waals surface area (Å²) >= 11 is 0. The molecule has 0 aliphatic carbocycles. The van der Waals surface area contributed by atoms with Crippen LogP contribution in [0.15, 0.2) is 54.6 Å². The number of amidine groups is 1. The van der Waals surface area contributed by atoms with E-state index in [1.54, 1.807) is 18.2 Å². The van der Waals surface area contributed by atoms with Gasteiger partial charge >= 0.3 is 5.97 Å². The summed E-state index contributed by atoms with van der Waals surface area (Å²) in [6, 6.07) is 15.3. The van der Waals surface area contributed by atoms with E-state index >= 15 is 0 Å².